The van der Waals surface area contributed by atoms with Crippen molar-refractivity contribution in [1.82, 2.24) is 10.2 Å². The van der Waals surface area contributed by atoms with Gasteiger partial charge in [-0.2, -0.15) is 0 Å². The molecule has 0 bridgehead atoms. The number of hydrogen-bond acceptors (Lipinski definition) is 6. The highest BCUT2D eigenvalue weighted by atomic mass is 32.1. The number of rotatable bonds is 7. The van der Waals surface area contributed by atoms with Gasteiger partial charge in [0.1, 0.15) is 16.5 Å². The zero-order valence-corrected chi connectivity index (χ0v) is 15.4. The quantitative estimate of drug-likeness (QED) is 0.692. The van der Waals surface area contributed by atoms with Gasteiger partial charge in [-0.15, -0.1) is 10.2 Å². The number of carbonyl (C=O) groups excluding carboxylic acids is 1. The van der Waals surface area contributed by atoms with E-state index >= 15 is 0 Å². The molecule has 0 atom stereocenters. The third-order valence-electron chi connectivity index (χ3n) is 3.79. The molecule has 7 heteroatoms. The Morgan fingerprint density at radius 2 is 1.58 bits per heavy atom. The zero-order chi connectivity index (χ0) is 18.4. The molecule has 0 aliphatic heterocycles. The van der Waals surface area contributed by atoms with Crippen LogP contribution in [0.2, 0.25) is 0 Å². The number of ether oxygens (including phenoxy) is 2. The van der Waals surface area contributed by atoms with Gasteiger partial charge in [0.05, 0.1) is 20.6 Å². The fraction of sp³-hybridized carbons (Fsp3) is 0.211. The van der Waals surface area contributed by atoms with Crippen molar-refractivity contribution in [3.05, 3.63) is 64.7 Å². The molecular weight excluding hydrogens is 350 g/mol. The summed E-state index contributed by atoms with van der Waals surface area (Å²) in [6.45, 7) is 0. The molecule has 0 saturated heterocycles. The van der Waals surface area contributed by atoms with Crippen molar-refractivity contribution in [1.29, 1.82) is 0 Å². The van der Waals surface area contributed by atoms with Gasteiger partial charge in [0, 0.05) is 17.5 Å². The topological polar surface area (TPSA) is 73.3 Å². The van der Waals surface area contributed by atoms with Crippen molar-refractivity contribution in [3.63, 3.8) is 0 Å². The summed E-state index contributed by atoms with van der Waals surface area (Å²) in [4.78, 5) is 12.3. The molecule has 2 aromatic carbocycles. The monoisotopic (exact) mass is 369 g/mol. The fourth-order valence-corrected chi connectivity index (χ4v) is 3.35. The number of nitrogens with one attached hydrogen (secondary N) is 1. The van der Waals surface area contributed by atoms with Gasteiger partial charge in [0.25, 0.3) is 0 Å². The molecule has 1 aromatic heterocycles. The zero-order valence-electron chi connectivity index (χ0n) is 14.6. The Morgan fingerprint density at radius 3 is 2.27 bits per heavy atom. The van der Waals surface area contributed by atoms with Gasteiger partial charge in [0.2, 0.25) is 11.0 Å². The predicted octanol–water partition coefficient (Wildman–Crippen LogP) is 3.33. The first-order valence-corrected chi connectivity index (χ1v) is 8.87. The van der Waals surface area contributed by atoms with Gasteiger partial charge in [0.15, 0.2) is 0 Å². The molecule has 6 nitrogen and oxygen atoms in total. The number of anilines is 1. The number of nitrogens with zero attached hydrogens (tertiary/aromatic N) is 2. The van der Waals surface area contributed by atoms with Crippen LogP contribution < -0.4 is 14.8 Å². The SMILES string of the molecule is COc1ccccc1CC(=O)Nc1nnc(Cc2ccccc2OC)s1. The molecule has 1 heterocycles. The first kappa shape index (κ1) is 17.9. The van der Waals surface area contributed by atoms with E-state index in [2.05, 4.69) is 15.5 Å². The lowest BCUT2D eigenvalue weighted by Crippen LogP contribution is -2.14. The average Bonchev–Trinajstić information content (AvgIpc) is 3.09. The Labute approximate surface area is 155 Å². The largest absolute Gasteiger partial charge is 0.496 e. The summed E-state index contributed by atoms with van der Waals surface area (Å²) in [5.74, 6) is 1.34. The lowest BCUT2D eigenvalue weighted by molar-refractivity contribution is -0.115. The first-order chi connectivity index (χ1) is 12.7. The molecule has 3 aromatic rings. The first-order valence-electron chi connectivity index (χ1n) is 8.05. The number of methoxy groups -OCH3 is 2. The van der Waals surface area contributed by atoms with E-state index in [9.17, 15) is 4.79 Å². The second kappa shape index (κ2) is 8.44. The maximum absolute atomic E-state index is 12.3. The van der Waals surface area contributed by atoms with Crippen molar-refractivity contribution in [2.75, 3.05) is 19.5 Å². The molecule has 0 spiro atoms. The Bertz CT molecular complexity index is 895. The number of aromatic nitrogens is 2. The second-order valence-electron chi connectivity index (χ2n) is 5.53. The number of hydrogen-bond donors (Lipinski definition) is 1. The smallest absolute Gasteiger partial charge is 0.230 e. The van der Waals surface area contributed by atoms with E-state index in [-0.39, 0.29) is 12.3 Å². The maximum atomic E-state index is 12.3. The summed E-state index contributed by atoms with van der Waals surface area (Å²) in [6.07, 6.45) is 0.815. The third-order valence-corrected chi connectivity index (χ3v) is 4.63. The maximum Gasteiger partial charge on any atom is 0.230 e. The summed E-state index contributed by atoms with van der Waals surface area (Å²) in [6, 6.07) is 15.2. The Morgan fingerprint density at radius 1 is 0.962 bits per heavy atom. The molecule has 1 amide bonds. The highest BCUT2D eigenvalue weighted by Gasteiger charge is 2.12. The third kappa shape index (κ3) is 4.37. The van der Waals surface area contributed by atoms with Crippen LogP contribution in [0.5, 0.6) is 11.5 Å². The van der Waals surface area contributed by atoms with Crippen LogP contribution in [0.25, 0.3) is 0 Å². The van der Waals surface area contributed by atoms with Crippen LogP contribution in [0.15, 0.2) is 48.5 Å². The number of para-hydroxylation sites is 2. The van der Waals surface area contributed by atoms with Crippen LogP contribution in [0.3, 0.4) is 0 Å². The normalized spacial score (nSPS) is 10.4. The van der Waals surface area contributed by atoms with Crippen molar-refractivity contribution >= 4 is 22.4 Å². The van der Waals surface area contributed by atoms with E-state index in [1.807, 2.05) is 48.5 Å². The van der Waals surface area contributed by atoms with Gasteiger partial charge >= 0.3 is 0 Å². The summed E-state index contributed by atoms with van der Waals surface area (Å²) in [5, 5.41) is 12.3. The molecule has 0 aliphatic rings. The average molecular weight is 369 g/mol. The van der Waals surface area contributed by atoms with Crippen molar-refractivity contribution in [3.8, 4) is 11.5 Å². The Balaban J connectivity index is 1.64. The molecule has 0 aliphatic carbocycles. The highest BCUT2D eigenvalue weighted by Crippen LogP contribution is 2.24. The molecule has 0 saturated carbocycles. The Kier molecular flexibility index (Phi) is 5.80. The second-order valence-corrected chi connectivity index (χ2v) is 6.59. The van der Waals surface area contributed by atoms with Gasteiger partial charge in [-0.25, -0.2) is 0 Å². The van der Waals surface area contributed by atoms with Crippen molar-refractivity contribution < 1.29 is 14.3 Å². The van der Waals surface area contributed by atoms with Crippen LogP contribution >= 0.6 is 11.3 Å². The standard InChI is InChI=1S/C19H19N3O3S/c1-24-15-9-5-3-7-13(15)11-17(23)20-19-22-21-18(26-19)12-14-8-4-6-10-16(14)25-2/h3-10H,11-12H2,1-2H3,(H,20,22,23). The molecular formula is C19H19N3O3S. The van der Waals surface area contributed by atoms with Gasteiger partial charge in [-0.05, 0) is 12.1 Å². The molecule has 0 fully saturated rings. The van der Waals surface area contributed by atoms with Crippen LogP contribution in [0.1, 0.15) is 16.1 Å². The van der Waals surface area contributed by atoms with Crippen molar-refractivity contribution in [2.45, 2.75) is 12.8 Å². The van der Waals surface area contributed by atoms with Gasteiger partial charge < -0.3 is 14.8 Å². The molecule has 26 heavy (non-hydrogen) atoms. The molecule has 0 radical (unpaired) electrons. The van der Waals surface area contributed by atoms with Crippen LogP contribution in [-0.2, 0) is 17.6 Å². The van der Waals surface area contributed by atoms with E-state index in [1.165, 1.54) is 11.3 Å². The summed E-state index contributed by atoms with van der Waals surface area (Å²) < 4.78 is 10.6. The summed E-state index contributed by atoms with van der Waals surface area (Å²) >= 11 is 1.35. The van der Waals surface area contributed by atoms with Gasteiger partial charge in [-0.3, -0.25) is 4.79 Å². The Hall–Kier alpha value is -2.93. The molecule has 0 unspecified atom stereocenters. The van der Waals surface area contributed by atoms with Crippen molar-refractivity contribution in [2.24, 2.45) is 0 Å². The van der Waals surface area contributed by atoms with Crippen LogP contribution in [0.4, 0.5) is 5.13 Å². The lowest BCUT2D eigenvalue weighted by atomic mass is 10.1. The van der Waals surface area contributed by atoms with E-state index in [0.717, 1.165) is 21.9 Å². The molecule has 3 rings (SSSR count). The summed E-state index contributed by atoms with van der Waals surface area (Å²) in [7, 11) is 3.23. The minimum atomic E-state index is -0.158. The number of amides is 1. The van der Waals surface area contributed by atoms with E-state index < -0.39 is 0 Å². The highest BCUT2D eigenvalue weighted by molar-refractivity contribution is 7.15. The molecule has 134 valence electrons. The van der Waals surface area contributed by atoms with E-state index in [4.69, 9.17) is 9.47 Å². The predicted molar refractivity (Wildman–Crippen MR) is 101 cm³/mol. The number of carbonyl (C=O) groups is 1. The van der Waals surface area contributed by atoms with E-state index in [0.29, 0.717) is 17.3 Å². The minimum absolute atomic E-state index is 0.158. The summed E-state index contributed by atoms with van der Waals surface area (Å²) in [5.41, 5.74) is 1.85. The van der Waals surface area contributed by atoms with Gasteiger partial charge in [-0.1, -0.05) is 47.7 Å². The van der Waals surface area contributed by atoms with Crippen LogP contribution in [-0.4, -0.2) is 30.3 Å². The molecule has 1 N–H and O–H groups in total. The number of benzene rings is 2. The van der Waals surface area contributed by atoms with E-state index in [1.54, 1.807) is 14.2 Å². The minimum Gasteiger partial charge on any atom is -0.496 e. The lowest BCUT2D eigenvalue weighted by Gasteiger charge is -2.07. The van der Waals surface area contributed by atoms with Crippen LogP contribution in [0, 0.1) is 0 Å². The fourth-order valence-electron chi connectivity index (χ4n) is 2.57.